The molecular formula is C8H10N2O2S. The maximum Gasteiger partial charge on any atom is 0.404 e. The minimum Gasteiger partial charge on any atom is -0.445 e. The fourth-order valence-electron chi connectivity index (χ4n) is 0.830. The smallest absolute Gasteiger partial charge is 0.404 e. The second-order valence-electron chi connectivity index (χ2n) is 2.42. The van der Waals surface area contributed by atoms with Crippen molar-refractivity contribution in [1.29, 1.82) is 0 Å². The van der Waals surface area contributed by atoms with E-state index < -0.39 is 6.09 Å². The van der Waals surface area contributed by atoms with Crippen LogP contribution in [0.1, 0.15) is 5.56 Å². The summed E-state index contributed by atoms with van der Waals surface area (Å²) in [5.41, 5.74) is 6.57. The summed E-state index contributed by atoms with van der Waals surface area (Å²) in [5.74, 6) is 0. The third-order valence-corrected chi connectivity index (χ3v) is 1.72. The molecule has 13 heavy (non-hydrogen) atoms. The van der Waals surface area contributed by atoms with Crippen molar-refractivity contribution in [2.75, 3.05) is 4.72 Å². The van der Waals surface area contributed by atoms with Crippen molar-refractivity contribution < 1.29 is 9.53 Å². The summed E-state index contributed by atoms with van der Waals surface area (Å²) >= 11 is 3.87. The third kappa shape index (κ3) is 3.25. The van der Waals surface area contributed by atoms with Crippen molar-refractivity contribution in [2.45, 2.75) is 6.61 Å². The van der Waals surface area contributed by atoms with Crippen LogP contribution in [-0.4, -0.2) is 6.09 Å². The summed E-state index contributed by atoms with van der Waals surface area (Å²) in [6, 6.07) is 7.29. The van der Waals surface area contributed by atoms with Crippen LogP contribution in [-0.2, 0) is 11.3 Å². The molecule has 0 bridgehead atoms. The van der Waals surface area contributed by atoms with Gasteiger partial charge in [0.25, 0.3) is 0 Å². The number of rotatable bonds is 3. The van der Waals surface area contributed by atoms with Crippen molar-refractivity contribution in [2.24, 2.45) is 5.73 Å². The van der Waals surface area contributed by atoms with Crippen LogP contribution in [0.5, 0.6) is 0 Å². The van der Waals surface area contributed by atoms with E-state index in [9.17, 15) is 4.79 Å². The molecule has 1 aromatic rings. The maximum atomic E-state index is 10.3. The zero-order chi connectivity index (χ0) is 9.68. The van der Waals surface area contributed by atoms with Gasteiger partial charge in [0.05, 0.1) is 0 Å². The van der Waals surface area contributed by atoms with Gasteiger partial charge >= 0.3 is 6.09 Å². The molecule has 0 saturated heterocycles. The summed E-state index contributed by atoms with van der Waals surface area (Å²) in [6.07, 6.45) is -0.767. The van der Waals surface area contributed by atoms with Crippen LogP contribution in [0.3, 0.4) is 0 Å². The highest BCUT2D eigenvalue weighted by atomic mass is 32.1. The molecule has 0 heterocycles. The highest BCUT2D eigenvalue weighted by Gasteiger charge is 1.96. The first-order valence-electron chi connectivity index (χ1n) is 3.63. The van der Waals surface area contributed by atoms with Crippen LogP contribution in [0.2, 0.25) is 0 Å². The molecule has 0 unspecified atom stereocenters. The molecule has 0 spiro atoms. The van der Waals surface area contributed by atoms with E-state index in [-0.39, 0.29) is 6.61 Å². The Hall–Kier alpha value is -1.36. The summed E-state index contributed by atoms with van der Waals surface area (Å²) < 4.78 is 7.28. The zero-order valence-corrected chi connectivity index (χ0v) is 7.75. The number of benzene rings is 1. The van der Waals surface area contributed by atoms with Crippen LogP contribution in [0, 0.1) is 0 Å². The van der Waals surface area contributed by atoms with Gasteiger partial charge in [-0.15, -0.1) is 0 Å². The number of carbonyl (C=O) groups is 1. The molecule has 0 aliphatic carbocycles. The van der Waals surface area contributed by atoms with E-state index >= 15 is 0 Å². The van der Waals surface area contributed by atoms with Crippen molar-refractivity contribution in [1.82, 2.24) is 0 Å². The lowest BCUT2D eigenvalue weighted by Crippen LogP contribution is -2.12. The molecule has 1 rings (SSSR count). The Labute approximate surface area is 81.6 Å². The first-order chi connectivity index (χ1) is 6.22. The summed E-state index contributed by atoms with van der Waals surface area (Å²) in [7, 11) is 0. The van der Waals surface area contributed by atoms with Crippen molar-refractivity contribution >= 4 is 24.6 Å². The number of hydrogen-bond donors (Lipinski definition) is 3. The van der Waals surface area contributed by atoms with Gasteiger partial charge < -0.3 is 15.2 Å². The number of hydrogen-bond acceptors (Lipinski definition) is 4. The van der Waals surface area contributed by atoms with Crippen LogP contribution < -0.4 is 10.5 Å². The summed E-state index contributed by atoms with van der Waals surface area (Å²) in [5, 5.41) is 0. The van der Waals surface area contributed by atoms with Gasteiger partial charge in [-0.1, -0.05) is 24.9 Å². The van der Waals surface area contributed by atoms with E-state index in [2.05, 4.69) is 22.3 Å². The molecule has 0 aliphatic rings. The van der Waals surface area contributed by atoms with E-state index in [0.29, 0.717) is 0 Å². The fraction of sp³-hybridized carbons (Fsp3) is 0.125. The first-order valence-corrected chi connectivity index (χ1v) is 4.08. The van der Waals surface area contributed by atoms with Crippen molar-refractivity contribution in [3.05, 3.63) is 29.8 Å². The van der Waals surface area contributed by atoms with Crippen LogP contribution in [0.25, 0.3) is 0 Å². The molecular weight excluding hydrogens is 188 g/mol. The van der Waals surface area contributed by atoms with Gasteiger partial charge in [-0.05, 0) is 17.7 Å². The number of carbonyl (C=O) groups excluding carboxylic acids is 1. The predicted octanol–water partition coefficient (Wildman–Crippen LogP) is 1.54. The maximum absolute atomic E-state index is 10.3. The number of ether oxygens (including phenoxy) is 1. The van der Waals surface area contributed by atoms with E-state index in [4.69, 9.17) is 5.73 Å². The van der Waals surface area contributed by atoms with Crippen LogP contribution in [0.15, 0.2) is 24.3 Å². The van der Waals surface area contributed by atoms with Gasteiger partial charge in [0.1, 0.15) is 6.61 Å². The van der Waals surface area contributed by atoms with Crippen molar-refractivity contribution in [3.8, 4) is 0 Å². The number of nitrogens with one attached hydrogen (secondary N) is 1. The fourth-order valence-corrected chi connectivity index (χ4v) is 0.979. The topological polar surface area (TPSA) is 64.4 Å². The molecule has 1 amide bonds. The first kappa shape index (κ1) is 9.73. The van der Waals surface area contributed by atoms with Crippen LogP contribution in [0.4, 0.5) is 10.5 Å². The molecule has 3 N–H and O–H groups in total. The second kappa shape index (κ2) is 4.61. The number of thiol groups is 1. The molecule has 0 radical (unpaired) electrons. The SMILES string of the molecule is NC(=O)OCc1ccc(NS)cc1. The molecule has 0 atom stereocenters. The highest BCUT2D eigenvalue weighted by molar-refractivity contribution is 7.81. The number of primary amides is 1. The Bertz CT molecular complexity index is 287. The standard InChI is InChI=1S/C8H10N2O2S/c9-8(11)12-5-6-1-3-7(10-13)4-2-6/h1-4,10,13H,5H2,(H2,9,11). The normalized spacial score (nSPS) is 9.31. The largest absolute Gasteiger partial charge is 0.445 e. The quantitative estimate of drug-likeness (QED) is 0.645. The Morgan fingerprint density at radius 1 is 1.46 bits per heavy atom. The highest BCUT2D eigenvalue weighted by Crippen LogP contribution is 2.10. The van der Waals surface area contributed by atoms with Crippen LogP contribution >= 0.6 is 12.8 Å². The molecule has 4 nitrogen and oxygen atoms in total. The van der Waals surface area contributed by atoms with E-state index in [0.717, 1.165) is 11.3 Å². The second-order valence-corrected chi connectivity index (χ2v) is 2.64. The molecule has 0 aromatic heterocycles. The average molecular weight is 198 g/mol. The van der Waals surface area contributed by atoms with E-state index in [1.54, 1.807) is 0 Å². The lowest BCUT2D eigenvalue weighted by Gasteiger charge is -2.02. The Kier molecular flexibility index (Phi) is 3.45. The molecule has 5 heteroatoms. The van der Waals surface area contributed by atoms with Gasteiger partial charge in [-0.25, -0.2) is 4.79 Å². The predicted molar refractivity (Wildman–Crippen MR) is 53.4 cm³/mol. The number of amides is 1. The Balaban J connectivity index is 2.54. The zero-order valence-electron chi connectivity index (χ0n) is 6.86. The Morgan fingerprint density at radius 2 is 2.08 bits per heavy atom. The molecule has 0 saturated carbocycles. The molecule has 70 valence electrons. The van der Waals surface area contributed by atoms with Crippen molar-refractivity contribution in [3.63, 3.8) is 0 Å². The minimum absolute atomic E-state index is 0.197. The van der Waals surface area contributed by atoms with Gasteiger partial charge in [0.15, 0.2) is 0 Å². The summed E-state index contributed by atoms with van der Waals surface area (Å²) in [4.78, 5) is 10.3. The minimum atomic E-state index is -0.767. The van der Waals surface area contributed by atoms with Gasteiger partial charge in [0, 0.05) is 5.69 Å². The lowest BCUT2D eigenvalue weighted by atomic mass is 10.2. The average Bonchev–Trinajstić information content (AvgIpc) is 2.15. The number of nitrogens with two attached hydrogens (primary N) is 1. The van der Waals surface area contributed by atoms with Gasteiger partial charge in [-0.3, -0.25) is 0 Å². The van der Waals surface area contributed by atoms with E-state index in [1.807, 2.05) is 24.3 Å². The summed E-state index contributed by atoms with van der Waals surface area (Å²) in [6.45, 7) is 0.197. The monoisotopic (exact) mass is 198 g/mol. The molecule has 0 fully saturated rings. The van der Waals surface area contributed by atoms with Gasteiger partial charge in [0.2, 0.25) is 0 Å². The molecule has 1 aromatic carbocycles. The Morgan fingerprint density at radius 3 is 2.54 bits per heavy atom. The van der Waals surface area contributed by atoms with E-state index in [1.165, 1.54) is 0 Å². The molecule has 0 aliphatic heterocycles. The lowest BCUT2D eigenvalue weighted by molar-refractivity contribution is 0.150. The number of anilines is 1. The third-order valence-electron chi connectivity index (χ3n) is 1.46. The van der Waals surface area contributed by atoms with Gasteiger partial charge in [-0.2, -0.15) is 0 Å².